The van der Waals surface area contributed by atoms with E-state index in [1.807, 2.05) is 0 Å². The topological polar surface area (TPSA) is 9.72 Å². The molecule has 0 rings (SSSR count). The summed E-state index contributed by atoms with van der Waals surface area (Å²) in [6.07, 6.45) is 4.38. The van der Waals surface area contributed by atoms with Crippen molar-refractivity contribution in [1.82, 2.24) is 14.7 Å². The predicted molar refractivity (Wildman–Crippen MR) is 119 cm³/mol. The van der Waals surface area contributed by atoms with Crippen LogP contribution < -0.4 is 0 Å². The molecule has 0 saturated carbocycles. The van der Waals surface area contributed by atoms with Gasteiger partial charge in [0.1, 0.15) is 0 Å². The first kappa shape index (κ1) is 25.4. The molecule has 0 radical (unpaired) electrons. The monoisotopic (exact) mass is 417 g/mol. The standard InChI is InChI=1S/C21H49GeN3/c1-7-23(8-2)19-13-16-22(17-14-20-24(9-3)10-4)18-15-21-25(11-5)12-6/h22H,7-21H2,1-6H3. The van der Waals surface area contributed by atoms with Crippen LogP contribution in [0.3, 0.4) is 0 Å². The van der Waals surface area contributed by atoms with Crippen LogP contribution >= 0.6 is 0 Å². The molecule has 0 aromatic rings. The van der Waals surface area contributed by atoms with Gasteiger partial charge >= 0.3 is 165 Å². The minimum absolute atomic E-state index is 1.08. The van der Waals surface area contributed by atoms with Crippen molar-refractivity contribution in [2.24, 2.45) is 0 Å². The summed E-state index contributed by atoms with van der Waals surface area (Å²) in [6, 6.07) is 0. The Morgan fingerprint density at radius 1 is 0.440 bits per heavy atom. The third-order valence-electron chi connectivity index (χ3n) is 5.94. The van der Waals surface area contributed by atoms with Crippen LogP contribution in [0.4, 0.5) is 0 Å². The number of hydrogen-bond donors (Lipinski definition) is 0. The number of nitrogens with zero attached hydrogens (tertiary/aromatic N) is 3. The fraction of sp³-hybridized carbons (Fsp3) is 1.00. The summed E-state index contributed by atoms with van der Waals surface area (Å²) in [4.78, 5) is 7.81. The summed E-state index contributed by atoms with van der Waals surface area (Å²) in [7, 11) is 0. The molecule has 0 aliphatic carbocycles. The Morgan fingerprint density at radius 2 is 0.680 bits per heavy atom. The van der Waals surface area contributed by atoms with Gasteiger partial charge in [-0.15, -0.1) is 0 Å². The molecule has 152 valence electrons. The molecule has 0 atom stereocenters. The molecule has 0 aromatic heterocycles. The normalized spacial score (nSPS) is 12.2. The molecule has 0 aromatic carbocycles. The van der Waals surface area contributed by atoms with Crippen molar-refractivity contribution in [3.63, 3.8) is 0 Å². The van der Waals surface area contributed by atoms with Crippen LogP contribution in [-0.2, 0) is 0 Å². The molecule has 0 heterocycles. The Balaban J connectivity index is 4.24. The van der Waals surface area contributed by atoms with Crippen molar-refractivity contribution in [1.29, 1.82) is 0 Å². The Morgan fingerprint density at radius 3 is 0.880 bits per heavy atom. The molecule has 3 nitrogen and oxygen atoms in total. The molecule has 0 aliphatic heterocycles. The zero-order valence-electron chi connectivity index (χ0n) is 18.5. The second-order valence-corrected chi connectivity index (χ2v) is 14.6. The van der Waals surface area contributed by atoms with Crippen LogP contribution in [0.15, 0.2) is 0 Å². The van der Waals surface area contributed by atoms with Crippen LogP contribution in [0.2, 0.25) is 15.8 Å². The van der Waals surface area contributed by atoms with Gasteiger partial charge < -0.3 is 0 Å². The molecular weight excluding hydrogens is 367 g/mol. The molecule has 0 saturated heterocycles. The molecule has 4 heteroatoms. The summed E-state index contributed by atoms with van der Waals surface area (Å²) >= 11 is -1.08. The maximum absolute atomic E-state index is 2.60. The maximum atomic E-state index is 2.60. The first-order chi connectivity index (χ1) is 12.1. The quantitative estimate of drug-likeness (QED) is 0.307. The summed E-state index contributed by atoms with van der Waals surface area (Å²) in [5.74, 6) is 0. The van der Waals surface area contributed by atoms with Crippen molar-refractivity contribution >= 4 is 14.3 Å². The van der Waals surface area contributed by atoms with Gasteiger partial charge in [-0.25, -0.2) is 0 Å². The molecule has 0 amide bonds. The van der Waals surface area contributed by atoms with Crippen molar-refractivity contribution in [3.05, 3.63) is 0 Å². The second kappa shape index (κ2) is 17.8. The van der Waals surface area contributed by atoms with E-state index in [1.54, 1.807) is 15.8 Å². The van der Waals surface area contributed by atoms with Crippen LogP contribution in [0.5, 0.6) is 0 Å². The Bertz CT molecular complexity index is 221. The van der Waals surface area contributed by atoms with Crippen LogP contribution in [-0.4, -0.2) is 88.0 Å². The molecule has 0 fully saturated rings. The van der Waals surface area contributed by atoms with Gasteiger partial charge in [0.05, 0.1) is 0 Å². The molecule has 0 bridgehead atoms. The summed E-state index contributed by atoms with van der Waals surface area (Å²) in [6.45, 7) is 25.1. The van der Waals surface area contributed by atoms with Crippen molar-refractivity contribution < 1.29 is 0 Å². The average Bonchev–Trinajstić information content (AvgIpc) is 2.65. The van der Waals surface area contributed by atoms with Gasteiger partial charge in [0, 0.05) is 0 Å². The van der Waals surface area contributed by atoms with Gasteiger partial charge in [-0.05, 0) is 0 Å². The van der Waals surface area contributed by atoms with E-state index in [1.165, 1.54) is 78.2 Å². The average molecular weight is 416 g/mol. The van der Waals surface area contributed by atoms with Crippen molar-refractivity contribution in [2.45, 2.75) is 76.6 Å². The summed E-state index contributed by atoms with van der Waals surface area (Å²) in [5.41, 5.74) is 0. The van der Waals surface area contributed by atoms with E-state index < -0.39 is 14.3 Å². The van der Waals surface area contributed by atoms with Crippen molar-refractivity contribution in [2.75, 3.05) is 58.9 Å². The van der Waals surface area contributed by atoms with Gasteiger partial charge in [0.2, 0.25) is 0 Å². The Hall–Kier alpha value is 0.423. The zero-order valence-corrected chi connectivity index (χ0v) is 20.9. The summed E-state index contributed by atoms with van der Waals surface area (Å²) in [5, 5.41) is 4.83. The summed E-state index contributed by atoms with van der Waals surface area (Å²) < 4.78 is 0. The molecule has 0 spiro atoms. The van der Waals surface area contributed by atoms with Gasteiger partial charge in [0.15, 0.2) is 0 Å². The van der Waals surface area contributed by atoms with E-state index in [4.69, 9.17) is 0 Å². The number of hydrogen-bond acceptors (Lipinski definition) is 3. The molecule has 0 N–H and O–H groups in total. The van der Waals surface area contributed by atoms with Crippen LogP contribution in [0.25, 0.3) is 0 Å². The zero-order chi connectivity index (χ0) is 18.9. The van der Waals surface area contributed by atoms with Gasteiger partial charge in [-0.2, -0.15) is 0 Å². The fourth-order valence-electron chi connectivity index (χ4n) is 3.86. The van der Waals surface area contributed by atoms with Crippen LogP contribution in [0, 0.1) is 0 Å². The van der Waals surface area contributed by atoms with E-state index in [0.717, 1.165) is 0 Å². The van der Waals surface area contributed by atoms with E-state index >= 15 is 0 Å². The van der Waals surface area contributed by atoms with E-state index in [2.05, 4.69) is 56.2 Å². The molecule has 0 unspecified atom stereocenters. The molecule has 0 aliphatic rings. The van der Waals surface area contributed by atoms with Crippen molar-refractivity contribution in [3.8, 4) is 0 Å². The SMILES string of the molecule is CCN(CC)CC[CH2][GeH]([CH2]CCN(CC)CC)[CH2]CCN(CC)CC. The first-order valence-electron chi connectivity index (χ1n) is 11.3. The first-order valence-corrected chi connectivity index (χ1v) is 16.5. The third kappa shape index (κ3) is 13.3. The Kier molecular flexibility index (Phi) is 18.1. The Labute approximate surface area is 164 Å². The second-order valence-electron chi connectivity index (χ2n) is 7.37. The molecular formula is C21H49GeN3. The van der Waals surface area contributed by atoms with E-state index in [9.17, 15) is 0 Å². The van der Waals surface area contributed by atoms with Crippen LogP contribution in [0.1, 0.15) is 60.8 Å². The van der Waals surface area contributed by atoms with Gasteiger partial charge in [0.25, 0.3) is 0 Å². The van der Waals surface area contributed by atoms with Gasteiger partial charge in [-0.1, -0.05) is 0 Å². The predicted octanol–water partition coefficient (Wildman–Crippen LogP) is 4.41. The van der Waals surface area contributed by atoms with Gasteiger partial charge in [-0.3, -0.25) is 0 Å². The van der Waals surface area contributed by atoms with E-state index in [0.29, 0.717) is 0 Å². The minimum atomic E-state index is -1.08. The van der Waals surface area contributed by atoms with E-state index in [-0.39, 0.29) is 0 Å². The fourth-order valence-corrected chi connectivity index (χ4v) is 10.5. The number of rotatable bonds is 18. The third-order valence-corrected chi connectivity index (χ3v) is 13.7. The molecule has 25 heavy (non-hydrogen) atoms.